The number of carbonyl (C=O) groups is 1. The molecule has 0 aliphatic heterocycles. The van der Waals surface area contributed by atoms with Crippen LogP contribution < -0.4 is 4.74 Å². The zero-order chi connectivity index (χ0) is 12.4. The first kappa shape index (κ1) is 12.0. The van der Waals surface area contributed by atoms with Crippen LogP contribution in [0, 0.1) is 18.8 Å². The predicted octanol–water partition coefficient (Wildman–Crippen LogP) is 2.66. The van der Waals surface area contributed by atoms with Crippen molar-refractivity contribution in [3.05, 3.63) is 29.3 Å². The first-order valence-corrected chi connectivity index (χ1v) is 6.07. The van der Waals surface area contributed by atoms with Gasteiger partial charge in [0.15, 0.2) is 0 Å². The van der Waals surface area contributed by atoms with E-state index in [1.165, 1.54) is 5.56 Å². The second-order valence-electron chi connectivity index (χ2n) is 4.68. The molecule has 1 fully saturated rings. The van der Waals surface area contributed by atoms with Gasteiger partial charge in [0.05, 0.1) is 12.5 Å². The van der Waals surface area contributed by atoms with E-state index in [1.807, 2.05) is 26.0 Å². The number of ether oxygens (including phenoxy) is 1. The van der Waals surface area contributed by atoms with Crippen molar-refractivity contribution in [3.63, 3.8) is 0 Å². The molecule has 1 aliphatic carbocycles. The average Bonchev–Trinajstić information content (AvgIpc) is 3.02. The van der Waals surface area contributed by atoms with E-state index in [4.69, 9.17) is 9.84 Å². The summed E-state index contributed by atoms with van der Waals surface area (Å²) < 4.78 is 5.48. The molecular weight excluding hydrogens is 216 g/mol. The highest BCUT2D eigenvalue weighted by Gasteiger charge is 2.42. The van der Waals surface area contributed by atoms with Gasteiger partial charge in [0, 0.05) is 0 Å². The van der Waals surface area contributed by atoms with E-state index in [2.05, 4.69) is 6.07 Å². The largest absolute Gasteiger partial charge is 0.494 e. The van der Waals surface area contributed by atoms with Crippen LogP contribution >= 0.6 is 0 Å². The van der Waals surface area contributed by atoms with Gasteiger partial charge in [0.25, 0.3) is 0 Å². The third-order valence-electron chi connectivity index (χ3n) is 3.28. The van der Waals surface area contributed by atoms with Crippen LogP contribution in [0.25, 0.3) is 0 Å². The molecule has 0 heterocycles. The standard InChI is InChI=1S/C14H18O3/c1-3-17-13-5-4-10(6-9(13)2)7-11-8-12(11)14(15)16/h4-6,11-12H,3,7-8H2,1-2H3,(H,15,16). The highest BCUT2D eigenvalue weighted by molar-refractivity contribution is 5.73. The van der Waals surface area contributed by atoms with Crippen LogP contribution in [0.5, 0.6) is 5.75 Å². The Balaban J connectivity index is 1.99. The summed E-state index contributed by atoms with van der Waals surface area (Å²) in [5, 5.41) is 8.85. The molecule has 2 unspecified atom stereocenters. The summed E-state index contributed by atoms with van der Waals surface area (Å²) in [6.07, 6.45) is 1.69. The topological polar surface area (TPSA) is 46.5 Å². The van der Waals surface area contributed by atoms with E-state index in [0.29, 0.717) is 12.5 Å². The second-order valence-corrected chi connectivity index (χ2v) is 4.68. The third-order valence-corrected chi connectivity index (χ3v) is 3.28. The maximum absolute atomic E-state index is 10.7. The molecule has 0 aromatic heterocycles. The summed E-state index contributed by atoms with van der Waals surface area (Å²) in [5.74, 6) is 0.464. The minimum absolute atomic E-state index is 0.123. The molecule has 17 heavy (non-hydrogen) atoms. The average molecular weight is 234 g/mol. The van der Waals surface area contributed by atoms with Crippen LogP contribution in [0.2, 0.25) is 0 Å². The Morgan fingerprint density at radius 1 is 1.53 bits per heavy atom. The van der Waals surface area contributed by atoms with E-state index in [1.54, 1.807) is 0 Å². The van der Waals surface area contributed by atoms with Crippen LogP contribution in [0.4, 0.5) is 0 Å². The molecule has 0 spiro atoms. The Morgan fingerprint density at radius 3 is 2.82 bits per heavy atom. The van der Waals surface area contributed by atoms with Gasteiger partial charge in [0.2, 0.25) is 0 Å². The fourth-order valence-electron chi connectivity index (χ4n) is 2.23. The number of hydrogen-bond acceptors (Lipinski definition) is 2. The lowest BCUT2D eigenvalue weighted by Gasteiger charge is -2.08. The highest BCUT2D eigenvalue weighted by Crippen LogP contribution is 2.41. The first-order chi connectivity index (χ1) is 8.11. The van der Waals surface area contributed by atoms with Gasteiger partial charge in [0.1, 0.15) is 5.75 Å². The molecule has 0 amide bonds. The summed E-state index contributed by atoms with van der Waals surface area (Å²) >= 11 is 0. The lowest BCUT2D eigenvalue weighted by Crippen LogP contribution is -2.01. The molecule has 92 valence electrons. The Labute approximate surface area is 101 Å². The predicted molar refractivity (Wildman–Crippen MR) is 65.3 cm³/mol. The van der Waals surface area contributed by atoms with Crippen LogP contribution in [-0.4, -0.2) is 17.7 Å². The van der Waals surface area contributed by atoms with Crippen molar-refractivity contribution in [2.24, 2.45) is 11.8 Å². The molecule has 3 heteroatoms. The van der Waals surface area contributed by atoms with Gasteiger partial charge in [-0.3, -0.25) is 4.79 Å². The van der Waals surface area contributed by atoms with Crippen molar-refractivity contribution in [2.75, 3.05) is 6.61 Å². The Bertz CT molecular complexity index is 425. The normalized spacial score (nSPS) is 22.2. The van der Waals surface area contributed by atoms with Gasteiger partial charge in [-0.2, -0.15) is 0 Å². The summed E-state index contributed by atoms with van der Waals surface area (Å²) in [6, 6.07) is 6.11. The molecule has 1 aliphatic rings. The number of carboxylic acid groups (broad SMARTS) is 1. The van der Waals surface area contributed by atoms with Gasteiger partial charge >= 0.3 is 5.97 Å². The van der Waals surface area contributed by atoms with E-state index in [0.717, 1.165) is 24.2 Å². The van der Waals surface area contributed by atoms with E-state index >= 15 is 0 Å². The van der Waals surface area contributed by atoms with E-state index < -0.39 is 5.97 Å². The lowest BCUT2D eigenvalue weighted by atomic mass is 10.0. The van der Waals surface area contributed by atoms with Gasteiger partial charge in [-0.05, 0) is 49.8 Å². The van der Waals surface area contributed by atoms with Gasteiger partial charge in [-0.15, -0.1) is 0 Å². The van der Waals surface area contributed by atoms with E-state index in [9.17, 15) is 4.79 Å². The van der Waals surface area contributed by atoms with Crippen molar-refractivity contribution in [1.82, 2.24) is 0 Å². The molecule has 1 saturated carbocycles. The molecule has 2 atom stereocenters. The maximum Gasteiger partial charge on any atom is 0.306 e. The Hall–Kier alpha value is -1.51. The van der Waals surface area contributed by atoms with Crippen molar-refractivity contribution in [1.29, 1.82) is 0 Å². The van der Waals surface area contributed by atoms with Crippen LogP contribution in [0.15, 0.2) is 18.2 Å². The second kappa shape index (κ2) is 4.78. The van der Waals surface area contributed by atoms with Gasteiger partial charge < -0.3 is 9.84 Å². The number of aliphatic carboxylic acids is 1. The summed E-state index contributed by atoms with van der Waals surface area (Å²) in [4.78, 5) is 10.7. The Morgan fingerprint density at radius 2 is 2.29 bits per heavy atom. The Kier molecular flexibility index (Phi) is 3.36. The molecular formula is C14H18O3. The highest BCUT2D eigenvalue weighted by atomic mass is 16.5. The van der Waals surface area contributed by atoms with Gasteiger partial charge in [-0.1, -0.05) is 12.1 Å². The number of rotatable bonds is 5. The summed E-state index contributed by atoms with van der Waals surface area (Å²) in [6.45, 7) is 4.66. The summed E-state index contributed by atoms with van der Waals surface area (Å²) in [7, 11) is 0. The van der Waals surface area contributed by atoms with Gasteiger partial charge in [-0.25, -0.2) is 0 Å². The number of hydrogen-bond donors (Lipinski definition) is 1. The number of aryl methyl sites for hydroxylation is 1. The fraction of sp³-hybridized carbons (Fsp3) is 0.500. The molecule has 0 radical (unpaired) electrons. The summed E-state index contributed by atoms with van der Waals surface area (Å²) in [5.41, 5.74) is 2.33. The smallest absolute Gasteiger partial charge is 0.306 e. The number of carboxylic acids is 1. The zero-order valence-corrected chi connectivity index (χ0v) is 10.3. The SMILES string of the molecule is CCOc1ccc(CC2CC2C(=O)O)cc1C. The first-order valence-electron chi connectivity index (χ1n) is 6.07. The van der Waals surface area contributed by atoms with Crippen molar-refractivity contribution < 1.29 is 14.6 Å². The maximum atomic E-state index is 10.7. The monoisotopic (exact) mass is 234 g/mol. The molecule has 1 aromatic carbocycles. The molecule has 1 N–H and O–H groups in total. The molecule has 0 bridgehead atoms. The quantitative estimate of drug-likeness (QED) is 0.852. The molecule has 3 nitrogen and oxygen atoms in total. The molecule has 0 saturated heterocycles. The minimum Gasteiger partial charge on any atom is -0.494 e. The van der Waals surface area contributed by atoms with E-state index in [-0.39, 0.29) is 5.92 Å². The van der Waals surface area contributed by atoms with Crippen LogP contribution in [-0.2, 0) is 11.2 Å². The van der Waals surface area contributed by atoms with Crippen LogP contribution in [0.1, 0.15) is 24.5 Å². The van der Waals surface area contributed by atoms with Crippen LogP contribution in [0.3, 0.4) is 0 Å². The fourth-order valence-corrected chi connectivity index (χ4v) is 2.23. The van der Waals surface area contributed by atoms with Crippen molar-refractivity contribution >= 4 is 5.97 Å². The zero-order valence-electron chi connectivity index (χ0n) is 10.3. The molecule has 1 aromatic rings. The third kappa shape index (κ3) is 2.78. The number of benzene rings is 1. The lowest BCUT2D eigenvalue weighted by molar-refractivity contribution is -0.138. The minimum atomic E-state index is -0.655. The van der Waals surface area contributed by atoms with Crippen molar-refractivity contribution in [3.8, 4) is 5.75 Å². The molecule has 2 rings (SSSR count). The van der Waals surface area contributed by atoms with Crippen molar-refractivity contribution in [2.45, 2.75) is 26.7 Å².